The summed E-state index contributed by atoms with van der Waals surface area (Å²) in [7, 11) is 3.47. The van der Waals surface area contributed by atoms with Gasteiger partial charge in [0.05, 0.1) is 19.6 Å². The first-order valence-electron chi connectivity index (χ1n) is 23.5. The topological polar surface area (TPSA) is 67.8 Å². The van der Waals surface area contributed by atoms with Crippen LogP contribution in [0.25, 0.3) is 21.5 Å². The fraction of sp³-hybridized carbons (Fsp3) is 0.379. The summed E-state index contributed by atoms with van der Waals surface area (Å²) < 4.78 is 13.8. The Morgan fingerprint density at radius 2 is 1.45 bits per heavy atom. The van der Waals surface area contributed by atoms with Crippen LogP contribution in [0, 0.1) is 11.3 Å². The molecule has 0 radical (unpaired) electrons. The number of Topliss-reactive ketones (excluding diaryl/α,β-unsaturated/α-hetero) is 1. The van der Waals surface area contributed by atoms with Gasteiger partial charge in [-0.3, -0.25) is 4.79 Å². The van der Waals surface area contributed by atoms with Crippen molar-refractivity contribution in [2.75, 3.05) is 38.8 Å². The number of hydrogen-bond donors (Lipinski definition) is 1. The maximum Gasteiger partial charge on any atom is 0.210 e. The number of anilines is 1. The van der Waals surface area contributed by atoms with E-state index in [-0.39, 0.29) is 46.0 Å². The van der Waals surface area contributed by atoms with Crippen LogP contribution in [0.1, 0.15) is 109 Å². The molecule has 0 aromatic heterocycles. The first kappa shape index (κ1) is 49.3. The third-order valence-corrected chi connectivity index (χ3v) is 15.6. The third kappa shape index (κ3) is 9.06. The van der Waals surface area contributed by atoms with Crippen molar-refractivity contribution in [3.05, 3.63) is 148 Å². The number of nitrogens with zero attached hydrogens (tertiary/aromatic N) is 2. The van der Waals surface area contributed by atoms with Crippen molar-refractivity contribution in [1.29, 1.82) is 0 Å². The summed E-state index contributed by atoms with van der Waals surface area (Å²) in [4.78, 5) is 17.9. The van der Waals surface area contributed by atoms with Crippen LogP contribution in [-0.4, -0.2) is 49.9 Å². The highest BCUT2D eigenvalue weighted by Gasteiger charge is 2.46. The van der Waals surface area contributed by atoms with E-state index in [0.29, 0.717) is 25.3 Å². The summed E-state index contributed by atoms with van der Waals surface area (Å²) in [6.07, 6.45) is 12.8. The zero-order valence-electron chi connectivity index (χ0n) is 40.9. The van der Waals surface area contributed by atoms with Gasteiger partial charge < -0.3 is 44.1 Å². The van der Waals surface area contributed by atoms with Gasteiger partial charge in [0.2, 0.25) is 5.69 Å². The Morgan fingerprint density at radius 3 is 2.05 bits per heavy atom. The molecular formula is C58H68IN3O3S. The fourth-order valence-electron chi connectivity index (χ4n) is 10.7. The normalized spacial score (nSPS) is 19.0. The van der Waals surface area contributed by atoms with Crippen LogP contribution >= 0.6 is 11.8 Å². The van der Waals surface area contributed by atoms with Gasteiger partial charge in [0, 0.05) is 62.8 Å². The molecule has 1 atom stereocenters. The van der Waals surface area contributed by atoms with Crippen molar-refractivity contribution in [1.82, 2.24) is 0 Å². The summed E-state index contributed by atoms with van der Waals surface area (Å²) in [6, 6.07) is 30.2. The molecule has 1 aliphatic carbocycles. The number of ether oxygens (including phenoxy) is 2. The predicted molar refractivity (Wildman–Crippen MR) is 275 cm³/mol. The molecule has 0 fully saturated rings. The molecule has 6 nitrogen and oxygen atoms in total. The van der Waals surface area contributed by atoms with Crippen LogP contribution in [0.5, 0.6) is 11.5 Å². The number of nitrogens with two attached hydrogens (primary N) is 1. The number of hydrogen-bond acceptors (Lipinski definition) is 6. The maximum absolute atomic E-state index is 13.0. The Balaban J connectivity index is 0.00000648. The number of methoxy groups -OCH3 is 2. The summed E-state index contributed by atoms with van der Waals surface area (Å²) in [5.74, 6) is 2.31. The molecule has 5 aromatic rings. The van der Waals surface area contributed by atoms with E-state index in [1.807, 2.05) is 23.9 Å². The van der Waals surface area contributed by atoms with Crippen molar-refractivity contribution in [2.24, 2.45) is 17.1 Å². The standard InChI is InChI=1S/C58H68N3O3S.HI/c1-12-60-48-28-18-38-35-43(63-10)22-26-46(38)53(48)57(6,7)51(60)30-20-40-33-42(56(3,4)5)34-41(55(40)65-45-24-16-37(17-25-45)50(62)15-14-32-59)21-31-52-58(8,9)54-47-27-23-44(64-11)36-39(47)19-29-49(54)61(52)13-2;/h16-31,35-36,42H,12-15,32-34,59H2,1-11H3;1H/q+1;/p-1. The Labute approximate surface area is 415 Å². The van der Waals surface area contributed by atoms with Gasteiger partial charge in [0.15, 0.2) is 11.5 Å². The van der Waals surface area contributed by atoms with Crippen molar-refractivity contribution < 1.29 is 42.8 Å². The van der Waals surface area contributed by atoms with Gasteiger partial charge in [-0.15, -0.1) is 0 Å². The number of carbonyl (C=O) groups excluding carboxylic acids is 1. The van der Waals surface area contributed by atoms with E-state index in [1.165, 1.54) is 71.5 Å². The summed E-state index contributed by atoms with van der Waals surface area (Å²) in [6.45, 7) is 23.5. The summed E-state index contributed by atoms with van der Waals surface area (Å²) in [5, 5.41) is 4.92. The van der Waals surface area contributed by atoms with E-state index in [1.54, 1.807) is 14.2 Å². The number of rotatable bonds is 13. The van der Waals surface area contributed by atoms with Crippen molar-refractivity contribution in [3.8, 4) is 11.5 Å². The molecule has 3 aliphatic rings. The number of likely N-dealkylation sites (N-methyl/N-ethyl adjacent to an activating group) is 1. The van der Waals surface area contributed by atoms with Crippen LogP contribution in [0.3, 0.4) is 0 Å². The monoisotopic (exact) mass is 1010 g/mol. The molecular weight excluding hydrogens is 946 g/mol. The van der Waals surface area contributed by atoms with E-state index in [2.05, 4.69) is 169 Å². The maximum atomic E-state index is 13.0. The van der Waals surface area contributed by atoms with E-state index >= 15 is 0 Å². The molecule has 8 heteroatoms. The minimum atomic E-state index is -0.237. The zero-order valence-corrected chi connectivity index (χ0v) is 43.9. The van der Waals surface area contributed by atoms with E-state index in [0.717, 1.165) is 47.9 Å². The smallest absolute Gasteiger partial charge is 0.210 e. The molecule has 0 spiro atoms. The molecule has 0 bridgehead atoms. The Kier molecular flexibility index (Phi) is 14.6. The minimum Gasteiger partial charge on any atom is -1.00 e. The van der Waals surface area contributed by atoms with E-state index in [9.17, 15) is 4.79 Å². The number of benzene rings is 5. The molecule has 5 aromatic carbocycles. The lowest BCUT2D eigenvalue weighted by atomic mass is 9.70. The van der Waals surface area contributed by atoms with Gasteiger partial charge in [-0.1, -0.05) is 88.9 Å². The predicted octanol–water partition coefficient (Wildman–Crippen LogP) is 11.0. The number of fused-ring (bicyclic) bond motifs is 6. The Bertz CT molecular complexity index is 2840. The van der Waals surface area contributed by atoms with Crippen LogP contribution in [0.2, 0.25) is 0 Å². The summed E-state index contributed by atoms with van der Waals surface area (Å²) in [5.41, 5.74) is 16.7. The second kappa shape index (κ2) is 19.5. The van der Waals surface area contributed by atoms with Crippen LogP contribution in [-0.2, 0) is 10.8 Å². The lowest BCUT2D eigenvalue weighted by molar-refractivity contribution is -0.433. The molecule has 0 amide bonds. The molecule has 8 rings (SSSR count). The lowest BCUT2D eigenvalue weighted by Crippen LogP contribution is -3.00. The summed E-state index contributed by atoms with van der Waals surface area (Å²) >= 11 is 1.83. The van der Waals surface area contributed by atoms with Gasteiger partial charge in [0.1, 0.15) is 18.0 Å². The molecule has 0 saturated carbocycles. The van der Waals surface area contributed by atoms with Crippen molar-refractivity contribution >= 4 is 56.2 Å². The van der Waals surface area contributed by atoms with Crippen LogP contribution in [0.4, 0.5) is 11.4 Å². The molecule has 66 heavy (non-hydrogen) atoms. The molecule has 2 aliphatic heterocycles. The fourth-order valence-corrected chi connectivity index (χ4v) is 11.8. The number of allylic oxidation sites excluding steroid dienone is 7. The van der Waals surface area contributed by atoms with Crippen molar-refractivity contribution in [3.63, 3.8) is 0 Å². The van der Waals surface area contributed by atoms with Crippen LogP contribution in [0.15, 0.2) is 136 Å². The van der Waals surface area contributed by atoms with Gasteiger partial charge in [-0.2, -0.15) is 4.58 Å². The second-order valence-electron chi connectivity index (χ2n) is 20.1. The first-order valence-corrected chi connectivity index (χ1v) is 24.4. The van der Waals surface area contributed by atoms with Gasteiger partial charge >= 0.3 is 0 Å². The average molecular weight is 1010 g/mol. The molecule has 346 valence electrons. The number of halogens is 1. The molecule has 0 saturated heterocycles. The van der Waals surface area contributed by atoms with Crippen molar-refractivity contribution in [2.45, 2.75) is 104 Å². The van der Waals surface area contributed by atoms with E-state index < -0.39 is 0 Å². The highest BCUT2D eigenvalue weighted by atomic mass is 127. The largest absolute Gasteiger partial charge is 1.00 e. The molecule has 1 unspecified atom stereocenters. The van der Waals surface area contributed by atoms with Crippen LogP contribution < -0.4 is 44.1 Å². The number of carbonyl (C=O) groups is 1. The quantitative estimate of drug-likeness (QED) is 0.0720. The zero-order chi connectivity index (χ0) is 46.4. The van der Waals surface area contributed by atoms with Gasteiger partial charge in [0.25, 0.3) is 0 Å². The second-order valence-corrected chi connectivity index (χ2v) is 21.1. The first-order chi connectivity index (χ1) is 31.0. The lowest BCUT2D eigenvalue weighted by Gasteiger charge is -2.37. The van der Waals surface area contributed by atoms with Gasteiger partial charge in [-0.05, 0) is 158 Å². The highest BCUT2D eigenvalue weighted by molar-refractivity contribution is 8.03. The third-order valence-electron chi connectivity index (χ3n) is 14.4. The average Bonchev–Trinajstić information content (AvgIpc) is 3.66. The van der Waals surface area contributed by atoms with E-state index in [4.69, 9.17) is 15.2 Å². The molecule has 2 heterocycles. The van der Waals surface area contributed by atoms with Gasteiger partial charge in [-0.25, -0.2) is 0 Å². The number of thioether (sulfide) groups is 1. The highest BCUT2D eigenvalue weighted by Crippen LogP contribution is 2.53. The number of ketones is 1. The minimum absolute atomic E-state index is 0. The Hall–Kier alpha value is -4.64. The SMILES string of the molecule is CCN1/C(=C/C=C2\CC(C(C)(C)C)CC(/C=C/C3=[N+](CC)c4ccc5cc(OC)ccc5c4C3(C)C)=C2Sc2ccc(C(=O)CCCN)cc2)C(C)(C)c2c1ccc1cc(OC)ccc21.[I-]. The molecule has 2 N–H and O–H groups in total. The Morgan fingerprint density at radius 1 is 0.818 bits per heavy atom.